The fourth-order valence-corrected chi connectivity index (χ4v) is 2.91. The number of halogens is 1. The van der Waals surface area contributed by atoms with Gasteiger partial charge in [-0.05, 0) is 43.5 Å². The quantitative estimate of drug-likeness (QED) is 0.686. The van der Waals surface area contributed by atoms with Crippen molar-refractivity contribution in [1.29, 1.82) is 0 Å². The summed E-state index contributed by atoms with van der Waals surface area (Å²) in [6, 6.07) is 12.6. The number of aromatic nitrogens is 1. The van der Waals surface area contributed by atoms with E-state index in [9.17, 15) is 9.18 Å². The van der Waals surface area contributed by atoms with Gasteiger partial charge in [-0.2, -0.15) is 0 Å². The van der Waals surface area contributed by atoms with Crippen molar-refractivity contribution in [2.24, 2.45) is 5.92 Å². The van der Waals surface area contributed by atoms with Gasteiger partial charge in [-0.3, -0.25) is 4.79 Å². The lowest BCUT2D eigenvalue weighted by atomic mass is 9.99. The number of hydrogen-bond donors (Lipinski definition) is 1. The number of carbonyl (C=O) groups is 1. The average molecular weight is 293 g/mol. The maximum Gasteiger partial charge on any atom is 0.168 e. The van der Waals surface area contributed by atoms with Crippen molar-refractivity contribution in [2.75, 3.05) is 0 Å². The van der Waals surface area contributed by atoms with Crippen LogP contribution in [-0.4, -0.2) is 10.8 Å². The topological polar surface area (TPSA) is 32.9 Å². The van der Waals surface area contributed by atoms with Crippen LogP contribution >= 0.6 is 0 Å². The van der Waals surface area contributed by atoms with Crippen molar-refractivity contribution >= 4 is 16.7 Å². The first-order chi connectivity index (χ1) is 10.6. The average Bonchev–Trinajstić information content (AvgIpc) is 3.29. The molecule has 2 nitrogen and oxygen atoms in total. The smallest absolute Gasteiger partial charge is 0.168 e. The number of ketones is 1. The summed E-state index contributed by atoms with van der Waals surface area (Å²) in [6.45, 7) is 2.03. The first kappa shape index (κ1) is 13.3. The van der Waals surface area contributed by atoms with Gasteiger partial charge in [0.05, 0.1) is 11.3 Å². The van der Waals surface area contributed by atoms with Gasteiger partial charge in [0.15, 0.2) is 5.78 Å². The SMILES string of the molecule is Cc1ccc(-c2[nH]c3ccc(F)cc3c2C(=O)C2CC2)cc1. The minimum absolute atomic E-state index is 0.103. The highest BCUT2D eigenvalue weighted by Gasteiger charge is 2.34. The molecule has 0 radical (unpaired) electrons. The van der Waals surface area contributed by atoms with E-state index in [2.05, 4.69) is 4.98 Å². The van der Waals surface area contributed by atoms with E-state index < -0.39 is 0 Å². The molecule has 4 rings (SSSR count). The summed E-state index contributed by atoms with van der Waals surface area (Å²) in [5, 5.41) is 0.687. The second-order valence-electron chi connectivity index (χ2n) is 6.07. The van der Waals surface area contributed by atoms with Gasteiger partial charge >= 0.3 is 0 Å². The summed E-state index contributed by atoms with van der Waals surface area (Å²) in [6.07, 6.45) is 1.88. The van der Waals surface area contributed by atoms with E-state index in [-0.39, 0.29) is 17.5 Å². The number of hydrogen-bond acceptors (Lipinski definition) is 1. The third-order valence-corrected chi connectivity index (χ3v) is 4.30. The largest absolute Gasteiger partial charge is 0.354 e. The van der Waals surface area contributed by atoms with E-state index in [1.807, 2.05) is 31.2 Å². The standard InChI is InChI=1S/C19H16FNO/c1-11-2-4-12(5-3-11)18-17(19(22)13-6-7-13)15-10-14(20)8-9-16(15)21-18/h2-5,8-10,13,21H,6-7H2,1H3. The molecule has 0 aliphatic heterocycles. The minimum Gasteiger partial charge on any atom is -0.354 e. The van der Waals surface area contributed by atoms with Crippen molar-refractivity contribution in [3.05, 3.63) is 59.4 Å². The molecule has 0 amide bonds. The molecule has 1 fully saturated rings. The molecule has 110 valence electrons. The van der Waals surface area contributed by atoms with Crippen molar-refractivity contribution in [3.63, 3.8) is 0 Å². The number of carbonyl (C=O) groups excluding carboxylic acids is 1. The molecular weight excluding hydrogens is 277 g/mol. The molecule has 1 aliphatic carbocycles. The maximum atomic E-state index is 13.6. The number of rotatable bonds is 3. The normalized spacial score (nSPS) is 14.5. The number of aryl methyl sites for hydroxylation is 1. The molecule has 1 heterocycles. The monoisotopic (exact) mass is 293 g/mol. The van der Waals surface area contributed by atoms with Gasteiger partial charge in [0.2, 0.25) is 0 Å². The maximum absolute atomic E-state index is 13.6. The number of aromatic amines is 1. The Morgan fingerprint density at radius 3 is 2.55 bits per heavy atom. The highest BCUT2D eigenvalue weighted by atomic mass is 19.1. The molecule has 1 aromatic heterocycles. The molecule has 3 heteroatoms. The van der Waals surface area contributed by atoms with Gasteiger partial charge in [-0.15, -0.1) is 0 Å². The van der Waals surface area contributed by atoms with Crippen molar-refractivity contribution in [1.82, 2.24) is 4.98 Å². The van der Waals surface area contributed by atoms with E-state index >= 15 is 0 Å². The van der Waals surface area contributed by atoms with Gasteiger partial charge < -0.3 is 4.98 Å². The Labute approximate surface area is 128 Å². The fourth-order valence-electron chi connectivity index (χ4n) is 2.91. The number of benzene rings is 2. The molecule has 0 spiro atoms. The molecule has 2 aromatic carbocycles. The summed E-state index contributed by atoms with van der Waals surface area (Å²) >= 11 is 0. The Kier molecular flexibility index (Phi) is 2.89. The van der Waals surface area contributed by atoms with Crippen molar-refractivity contribution in [2.45, 2.75) is 19.8 Å². The summed E-state index contributed by atoms with van der Waals surface area (Å²) in [4.78, 5) is 16.0. The zero-order valence-corrected chi connectivity index (χ0v) is 12.3. The van der Waals surface area contributed by atoms with E-state index in [0.29, 0.717) is 10.9 Å². The van der Waals surface area contributed by atoms with Crippen LogP contribution in [-0.2, 0) is 0 Å². The second kappa shape index (κ2) is 4.80. The van der Waals surface area contributed by atoms with E-state index in [0.717, 1.165) is 29.6 Å². The third kappa shape index (κ3) is 2.13. The molecule has 3 aromatic rings. The molecule has 1 saturated carbocycles. The number of nitrogens with one attached hydrogen (secondary N) is 1. The summed E-state index contributed by atoms with van der Waals surface area (Å²) in [7, 11) is 0. The minimum atomic E-state index is -0.313. The number of fused-ring (bicyclic) bond motifs is 1. The van der Waals surface area contributed by atoms with Crippen LogP contribution in [0.1, 0.15) is 28.8 Å². The van der Waals surface area contributed by atoms with Gasteiger partial charge in [0.25, 0.3) is 0 Å². The predicted octanol–water partition coefficient (Wildman–Crippen LogP) is 4.88. The molecule has 0 unspecified atom stereocenters. The highest BCUT2D eigenvalue weighted by Crippen LogP contribution is 2.39. The Morgan fingerprint density at radius 2 is 1.86 bits per heavy atom. The van der Waals surface area contributed by atoms with Crippen LogP contribution in [0.2, 0.25) is 0 Å². The Hall–Kier alpha value is -2.42. The fraction of sp³-hybridized carbons (Fsp3) is 0.211. The van der Waals surface area contributed by atoms with Crippen LogP contribution in [0, 0.1) is 18.7 Å². The van der Waals surface area contributed by atoms with Crippen molar-refractivity contribution < 1.29 is 9.18 Å². The van der Waals surface area contributed by atoms with Gasteiger partial charge in [0.1, 0.15) is 5.82 Å². The molecule has 1 aliphatic rings. The number of Topliss-reactive ketones (excluding diaryl/α,β-unsaturated/α-hetero) is 1. The number of H-pyrrole nitrogens is 1. The summed E-state index contributed by atoms with van der Waals surface area (Å²) in [5.74, 6) is -0.0781. The van der Waals surface area contributed by atoms with Gasteiger partial charge in [-0.25, -0.2) is 4.39 Å². The zero-order valence-electron chi connectivity index (χ0n) is 12.3. The van der Waals surface area contributed by atoms with Crippen LogP contribution in [0.5, 0.6) is 0 Å². The van der Waals surface area contributed by atoms with Crippen LogP contribution < -0.4 is 0 Å². The van der Waals surface area contributed by atoms with Crippen LogP contribution in [0.15, 0.2) is 42.5 Å². The first-order valence-electron chi connectivity index (χ1n) is 7.56. The lowest BCUT2D eigenvalue weighted by Crippen LogP contribution is -2.02. The molecule has 0 atom stereocenters. The summed E-state index contributed by atoms with van der Waals surface area (Å²) in [5.41, 5.74) is 4.38. The molecule has 1 N–H and O–H groups in total. The lowest BCUT2D eigenvalue weighted by Gasteiger charge is -2.04. The molecular formula is C19H16FNO. The lowest BCUT2D eigenvalue weighted by molar-refractivity contribution is 0.0970. The predicted molar refractivity (Wildman–Crippen MR) is 85.5 cm³/mol. The summed E-state index contributed by atoms with van der Waals surface area (Å²) < 4.78 is 13.6. The van der Waals surface area contributed by atoms with Crippen LogP contribution in [0.25, 0.3) is 22.2 Å². The molecule has 0 saturated heterocycles. The van der Waals surface area contributed by atoms with E-state index in [1.54, 1.807) is 6.07 Å². The van der Waals surface area contributed by atoms with E-state index in [1.165, 1.54) is 17.7 Å². The molecule has 0 bridgehead atoms. The Balaban J connectivity index is 1.98. The second-order valence-corrected chi connectivity index (χ2v) is 6.07. The van der Waals surface area contributed by atoms with Gasteiger partial charge in [0, 0.05) is 16.8 Å². The third-order valence-electron chi connectivity index (χ3n) is 4.30. The first-order valence-corrected chi connectivity index (χ1v) is 7.56. The van der Waals surface area contributed by atoms with Crippen LogP contribution in [0.3, 0.4) is 0 Å². The Bertz CT molecular complexity index is 872. The van der Waals surface area contributed by atoms with Gasteiger partial charge in [-0.1, -0.05) is 29.8 Å². The van der Waals surface area contributed by atoms with Crippen molar-refractivity contribution in [3.8, 4) is 11.3 Å². The Morgan fingerprint density at radius 1 is 1.14 bits per heavy atom. The zero-order chi connectivity index (χ0) is 15.3. The molecule has 22 heavy (non-hydrogen) atoms. The van der Waals surface area contributed by atoms with Crippen LogP contribution in [0.4, 0.5) is 4.39 Å². The highest BCUT2D eigenvalue weighted by molar-refractivity contribution is 6.14. The van der Waals surface area contributed by atoms with E-state index in [4.69, 9.17) is 0 Å².